The van der Waals surface area contributed by atoms with Gasteiger partial charge in [0.15, 0.2) is 0 Å². The Balaban J connectivity index is 2.49. The van der Waals surface area contributed by atoms with Crippen molar-refractivity contribution in [3.8, 4) is 0 Å². The lowest BCUT2D eigenvalue weighted by Gasteiger charge is -2.15. The number of benzene rings is 1. The lowest BCUT2D eigenvalue weighted by molar-refractivity contribution is 0.274. The number of hydrogen-bond donors (Lipinski definition) is 2. The maximum absolute atomic E-state index is 9.25. The highest BCUT2D eigenvalue weighted by Gasteiger charge is 2.17. The molecule has 0 aliphatic carbocycles. The molecule has 1 unspecified atom stereocenters. The molecule has 0 amide bonds. The third-order valence-electron chi connectivity index (χ3n) is 3.31. The Hall–Kier alpha value is -1.39. The van der Waals surface area contributed by atoms with E-state index in [1.807, 2.05) is 4.57 Å². The molecule has 3 N–H and O–H groups in total. The van der Waals surface area contributed by atoms with Gasteiger partial charge in [0, 0.05) is 6.54 Å². The number of aliphatic hydroxyl groups excluding tert-OH is 1. The van der Waals surface area contributed by atoms with Crippen LogP contribution in [-0.2, 0) is 6.54 Å². The SMILES string of the molecule is Cc1ccc2c(c1)nc(C(N)CC(C)C)n2CCO. The number of rotatable bonds is 5. The van der Waals surface area contributed by atoms with Gasteiger partial charge >= 0.3 is 0 Å². The van der Waals surface area contributed by atoms with Crippen molar-refractivity contribution in [2.75, 3.05) is 6.61 Å². The molecule has 4 nitrogen and oxygen atoms in total. The third-order valence-corrected chi connectivity index (χ3v) is 3.31. The summed E-state index contributed by atoms with van der Waals surface area (Å²) < 4.78 is 2.04. The highest BCUT2D eigenvalue weighted by atomic mass is 16.3. The highest BCUT2D eigenvalue weighted by Crippen LogP contribution is 2.24. The first-order valence-corrected chi connectivity index (χ1v) is 6.86. The lowest BCUT2D eigenvalue weighted by Crippen LogP contribution is -2.19. The van der Waals surface area contributed by atoms with E-state index in [1.165, 1.54) is 5.56 Å². The zero-order valence-electron chi connectivity index (χ0n) is 11.9. The van der Waals surface area contributed by atoms with Gasteiger partial charge in [-0.05, 0) is 37.0 Å². The minimum absolute atomic E-state index is 0.0840. The predicted molar refractivity (Wildman–Crippen MR) is 77.9 cm³/mol. The molecule has 1 heterocycles. The third kappa shape index (κ3) is 2.96. The largest absolute Gasteiger partial charge is 0.395 e. The van der Waals surface area contributed by atoms with Gasteiger partial charge in [-0.2, -0.15) is 0 Å². The van der Waals surface area contributed by atoms with E-state index in [0.29, 0.717) is 12.5 Å². The number of aryl methyl sites for hydroxylation is 1. The van der Waals surface area contributed by atoms with Gasteiger partial charge in [-0.25, -0.2) is 4.98 Å². The van der Waals surface area contributed by atoms with Crippen molar-refractivity contribution >= 4 is 11.0 Å². The van der Waals surface area contributed by atoms with Gasteiger partial charge in [-0.3, -0.25) is 0 Å². The second-order valence-corrected chi connectivity index (χ2v) is 5.57. The Morgan fingerprint density at radius 2 is 2.11 bits per heavy atom. The number of hydrogen-bond acceptors (Lipinski definition) is 3. The number of nitrogens with two attached hydrogens (primary N) is 1. The number of imidazole rings is 1. The molecule has 0 spiro atoms. The summed E-state index contributed by atoms with van der Waals surface area (Å²) in [4.78, 5) is 4.67. The lowest BCUT2D eigenvalue weighted by atomic mass is 10.0. The van der Waals surface area contributed by atoms with Gasteiger partial charge in [0.25, 0.3) is 0 Å². The van der Waals surface area contributed by atoms with Gasteiger partial charge < -0.3 is 15.4 Å². The summed E-state index contributed by atoms with van der Waals surface area (Å²) in [5.74, 6) is 1.41. The Bertz CT molecular complexity index is 560. The fraction of sp³-hybridized carbons (Fsp3) is 0.533. The van der Waals surface area contributed by atoms with Gasteiger partial charge in [0.05, 0.1) is 23.7 Å². The van der Waals surface area contributed by atoms with E-state index in [2.05, 4.69) is 44.0 Å². The summed E-state index contributed by atoms with van der Waals surface area (Å²) in [6.07, 6.45) is 0.897. The molecular formula is C15H23N3O. The van der Waals surface area contributed by atoms with Crippen molar-refractivity contribution in [3.05, 3.63) is 29.6 Å². The summed E-state index contributed by atoms with van der Waals surface area (Å²) in [6, 6.07) is 6.10. The maximum atomic E-state index is 9.25. The second-order valence-electron chi connectivity index (χ2n) is 5.57. The van der Waals surface area contributed by atoms with Gasteiger partial charge in [0.2, 0.25) is 0 Å². The van der Waals surface area contributed by atoms with Crippen molar-refractivity contribution in [2.24, 2.45) is 11.7 Å². The minimum Gasteiger partial charge on any atom is -0.395 e. The van der Waals surface area contributed by atoms with Gasteiger partial charge in [-0.15, -0.1) is 0 Å². The van der Waals surface area contributed by atoms with Gasteiger partial charge in [-0.1, -0.05) is 19.9 Å². The zero-order valence-corrected chi connectivity index (χ0v) is 11.9. The van der Waals surface area contributed by atoms with Crippen molar-refractivity contribution in [2.45, 2.75) is 39.8 Å². The molecule has 0 saturated carbocycles. The van der Waals surface area contributed by atoms with Crippen LogP contribution < -0.4 is 5.73 Å². The van der Waals surface area contributed by atoms with Crippen LogP contribution in [-0.4, -0.2) is 21.3 Å². The molecular weight excluding hydrogens is 238 g/mol. The Morgan fingerprint density at radius 3 is 2.74 bits per heavy atom. The van der Waals surface area contributed by atoms with E-state index in [9.17, 15) is 5.11 Å². The van der Waals surface area contributed by atoms with Crippen molar-refractivity contribution in [1.82, 2.24) is 9.55 Å². The van der Waals surface area contributed by atoms with E-state index in [4.69, 9.17) is 5.73 Å². The maximum Gasteiger partial charge on any atom is 0.126 e. The first-order chi connectivity index (χ1) is 9.02. The topological polar surface area (TPSA) is 64.1 Å². The van der Waals surface area contributed by atoms with Crippen LogP contribution in [0.5, 0.6) is 0 Å². The summed E-state index contributed by atoms with van der Waals surface area (Å²) in [6.45, 7) is 7.01. The molecule has 0 radical (unpaired) electrons. The number of aromatic nitrogens is 2. The van der Waals surface area contributed by atoms with Crippen molar-refractivity contribution in [1.29, 1.82) is 0 Å². The van der Waals surface area contributed by atoms with E-state index in [0.717, 1.165) is 23.3 Å². The first-order valence-electron chi connectivity index (χ1n) is 6.86. The quantitative estimate of drug-likeness (QED) is 0.868. The number of fused-ring (bicyclic) bond motifs is 1. The molecule has 19 heavy (non-hydrogen) atoms. The Kier molecular flexibility index (Phi) is 4.22. The van der Waals surface area contributed by atoms with Crippen LogP contribution in [0.3, 0.4) is 0 Å². The summed E-state index contributed by atoms with van der Waals surface area (Å²) >= 11 is 0. The van der Waals surface area contributed by atoms with Crippen LogP contribution in [0.25, 0.3) is 11.0 Å². The Morgan fingerprint density at radius 1 is 1.37 bits per heavy atom. The van der Waals surface area contributed by atoms with E-state index < -0.39 is 0 Å². The molecule has 4 heteroatoms. The van der Waals surface area contributed by atoms with E-state index in [-0.39, 0.29) is 12.6 Å². The average Bonchev–Trinajstić information content (AvgIpc) is 2.67. The average molecular weight is 261 g/mol. The van der Waals surface area contributed by atoms with Crippen LogP contribution >= 0.6 is 0 Å². The smallest absolute Gasteiger partial charge is 0.126 e. The molecule has 2 aromatic rings. The number of aliphatic hydroxyl groups is 1. The molecule has 2 rings (SSSR count). The second kappa shape index (κ2) is 5.72. The first kappa shape index (κ1) is 14.0. The van der Waals surface area contributed by atoms with Crippen LogP contribution in [0.1, 0.15) is 37.7 Å². The van der Waals surface area contributed by atoms with E-state index >= 15 is 0 Å². The predicted octanol–water partition coefficient (Wildman–Crippen LogP) is 2.38. The number of nitrogens with zero attached hydrogens (tertiary/aromatic N) is 2. The zero-order chi connectivity index (χ0) is 14.0. The summed E-state index contributed by atoms with van der Waals surface area (Å²) in [7, 11) is 0. The minimum atomic E-state index is -0.0840. The fourth-order valence-corrected chi connectivity index (χ4v) is 2.49. The standard InChI is InChI=1S/C15H23N3O/c1-10(2)8-12(16)15-17-13-9-11(3)4-5-14(13)18(15)6-7-19/h4-5,9-10,12,19H,6-8,16H2,1-3H3. The van der Waals surface area contributed by atoms with Crippen LogP contribution in [0.4, 0.5) is 0 Å². The highest BCUT2D eigenvalue weighted by molar-refractivity contribution is 5.77. The molecule has 0 fully saturated rings. The normalized spacial score (nSPS) is 13.4. The Labute approximate surface area is 114 Å². The molecule has 0 bridgehead atoms. The van der Waals surface area contributed by atoms with E-state index in [1.54, 1.807) is 0 Å². The van der Waals surface area contributed by atoms with Crippen LogP contribution in [0.2, 0.25) is 0 Å². The molecule has 104 valence electrons. The molecule has 0 aliphatic rings. The summed E-state index contributed by atoms with van der Waals surface area (Å²) in [5, 5.41) is 9.25. The van der Waals surface area contributed by atoms with Crippen LogP contribution in [0, 0.1) is 12.8 Å². The summed E-state index contributed by atoms with van der Waals surface area (Å²) in [5.41, 5.74) is 9.46. The van der Waals surface area contributed by atoms with Gasteiger partial charge in [0.1, 0.15) is 5.82 Å². The van der Waals surface area contributed by atoms with Crippen molar-refractivity contribution < 1.29 is 5.11 Å². The molecule has 0 saturated heterocycles. The monoisotopic (exact) mass is 261 g/mol. The fourth-order valence-electron chi connectivity index (χ4n) is 2.49. The molecule has 0 aliphatic heterocycles. The molecule has 1 aromatic carbocycles. The van der Waals surface area contributed by atoms with Crippen molar-refractivity contribution in [3.63, 3.8) is 0 Å². The molecule has 1 aromatic heterocycles. The van der Waals surface area contributed by atoms with Crippen LogP contribution in [0.15, 0.2) is 18.2 Å². The molecule has 1 atom stereocenters.